The first-order chi connectivity index (χ1) is 11.9. The Bertz CT molecular complexity index is 735. The number of nitrogens with zero attached hydrogens (tertiary/aromatic N) is 3. The van der Waals surface area contributed by atoms with Crippen LogP contribution in [0.25, 0.3) is 0 Å². The van der Waals surface area contributed by atoms with Gasteiger partial charge in [-0.3, -0.25) is 14.5 Å². The van der Waals surface area contributed by atoms with Crippen LogP contribution in [0.1, 0.15) is 35.4 Å². The van der Waals surface area contributed by atoms with Crippen molar-refractivity contribution in [3.05, 3.63) is 47.0 Å². The fourth-order valence-electron chi connectivity index (χ4n) is 3.40. The molecule has 0 saturated heterocycles. The summed E-state index contributed by atoms with van der Waals surface area (Å²) in [5, 5.41) is 17.2. The minimum atomic E-state index is -0.236. The molecule has 2 heterocycles. The number of hydrogen-bond acceptors (Lipinski definition) is 4. The van der Waals surface area contributed by atoms with Gasteiger partial charge in [0.25, 0.3) is 0 Å². The van der Waals surface area contributed by atoms with Crippen molar-refractivity contribution in [2.75, 3.05) is 0 Å². The Balaban J connectivity index is 1.66. The predicted octanol–water partition coefficient (Wildman–Crippen LogP) is 1.70. The van der Waals surface area contributed by atoms with Crippen molar-refractivity contribution in [3.8, 4) is 0 Å². The molecule has 134 valence electrons. The molecule has 2 aromatic heterocycles. The third-order valence-electron chi connectivity index (χ3n) is 5.31. The standard InChI is InChI=1S/C19H26N4O2/c1-12-13(2)22-23(14(12)3)11-19(25)21-18(16-9-17(24)10-16)8-15-4-6-20-7-5-15/h4-7,16-18,24H,8-11H2,1-3H3,(H,21,25)/t16?,17?,18-/m1/s1. The molecular formula is C19H26N4O2. The van der Waals surface area contributed by atoms with E-state index in [0.717, 1.165) is 41.8 Å². The highest BCUT2D eigenvalue weighted by atomic mass is 16.3. The highest BCUT2D eigenvalue weighted by Crippen LogP contribution is 2.31. The number of rotatable bonds is 6. The van der Waals surface area contributed by atoms with Gasteiger partial charge < -0.3 is 10.4 Å². The summed E-state index contributed by atoms with van der Waals surface area (Å²) in [6, 6.07) is 3.97. The molecule has 6 nitrogen and oxygen atoms in total. The molecule has 1 fully saturated rings. The lowest BCUT2D eigenvalue weighted by Gasteiger charge is -2.38. The highest BCUT2D eigenvalue weighted by Gasteiger charge is 2.34. The highest BCUT2D eigenvalue weighted by molar-refractivity contribution is 5.76. The van der Waals surface area contributed by atoms with Gasteiger partial charge in [0.1, 0.15) is 6.54 Å². The lowest BCUT2D eigenvalue weighted by atomic mass is 9.75. The first kappa shape index (κ1) is 17.6. The molecule has 3 rings (SSSR count). The van der Waals surface area contributed by atoms with E-state index < -0.39 is 0 Å². The van der Waals surface area contributed by atoms with Gasteiger partial charge in [0, 0.05) is 24.1 Å². The molecule has 1 aliphatic carbocycles. The van der Waals surface area contributed by atoms with Crippen LogP contribution < -0.4 is 5.32 Å². The monoisotopic (exact) mass is 342 g/mol. The molecule has 0 bridgehead atoms. The summed E-state index contributed by atoms with van der Waals surface area (Å²) < 4.78 is 1.76. The number of aryl methyl sites for hydroxylation is 1. The van der Waals surface area contributed by atoms with Crippen molar-refractivity contribution in [1.29, 1.82) is 0 Å². The Morgan fingerprint density at radius 1 is 1.32 bits per heavy atom. The Morgan fingerprint density at radius 2 is 2.00 bits per heavy atom. The largest absolute Gasteiger partial charge is 0.393 e. The van der Waals surface area contributed by atoms with Crippen LogP contribution in [0.5, 0.6) is 0 Å². The van der Waals surface area contributed by atoms with Crippen molar-refractivity contribution >= 4 is 5.91 Å². The van der Waals surface area contributed by atoms with Crippen LogP contribution >= 0.6 is 0 Å². The maximum Gasteiger partial charge on any atom is 0.241 e. The van der Waals surface area contributed by atoms with E-state index in [4.69, 9.17) is 0 Å². The summed E-state index contributed by atoms with van der Waals surface area (Å²) in [6.45, 7) is 6.19. The van der Waals surface area contributed by atoms with Crippen LogP contribution in [0.2, 0.25) is 0 Å². The molecule has 1 amide bonds. The number of carbonyl (C=O) groups excluding carboxylic acids is 1. The Hall–Kier alpha value is -2.21. The molecule has 0 unspecified atom stereocenters. The van der Waals surface area contributed by atoms with Gasteiger partial charge in [-0.2, -0.15) is 5.10 Å². The minimum Gasteiger partial charge on any atom is -0.393 e. The molecule has 0 aliphatic heterocycles. The molecule has 0 radical (unpaired) electrons. The molecular weight excluding hydrogens is 316 g/mol. The van der Waals surface area contributed by atoms with Gasteiger partial charge in [-0.1, -0.05) is 0 Å². The second-order valence-electron chi connectivity index (χ2n) is 7.07. The number of hydrogen-bond donors (Lipinski definition) is 2. The maximum atomic E-state index is 12.6. The van der Waals surface area contributed by atoms with Crippen molar-refractivity contribution in [2.24, 2.45) is 5.92 Å². The number of aliphatic hydroxyl groups is 1. The topological polar surface area (TPSA) is 80.0 Å². The molecule has 25 heavy (non-hydrogen) atoms. The predicted molar refractivity (Wildman–Crippen MR) is 95.0 cm³/mol. The van der Waals surface area contributed by atoms with E-state index in [1.807, 2.05) is 32.9 Å². The van der Waals surface area contributed by atoms with E-state index in [1.165, 1.54) is 0 Å². The smallest absolute Gasteiger partial charge is 0.241 e. The first-order valence-electron chi connectivity index (χ1n) is 8.81. The van der Waals surface area contributed by atoms with E-state index in [0.29, 0.717) is 5.92 Å². The zero-order valence-corrected chi connectivity index (χ0v) is 15.1. The maximum absolute atomic E-state index is 12.6. The lowest BCUT2D eigenvalue weighted by molar-refractivity contribution is -0.123. The third kappa shape index (κ3) is 4.07. The molecule has 6 heteroatoms. The van der Waals surface area contributed by atoms with E-state index in [2.05, 4.69) is 15.4 Å². The number of pyridine rings is 1. The Kier molecular flexibility index (Phi) is 5.18. The van der Waals surface area contributed by atoms with E-state index in [1.54, 1.807) is 17.1 Å². The second-order valence-corrected chi connectivity index (χ2v) is 7.07. The van der Waals surface area contributed by atoms with Gasteiger partial charge in [-0.25, -0.2) is 0 Å². The summed E-state index contributed by atoms with van der Waals surface area (Å²) in [6.07, 6.45) is 5.54. The fraction of sp³-hybridized carbons (Fsp3) is 0.526. The van der Waals surface area contributed by atoms with Gasteiger partial charge in [0.15, 0.2) is 0 Å². The summed E-state index contributed by atoms with van der Waals surface area (Å²) in [5.74, 6) is 0.278. The van der Waals surface area contributed by atoms with Crippen molar-refractivity contribution in [2.45, 2.75) is 58.7 Å². The van der Waals surface area contributed by atoms with Crippen LogP contribution in [0.3, 0.4) is 0 Å². The quantitative estimate of drug-likeness (QED) is 0.837. The van der Waals surface area contributed by atoms with Gasteiger partial charge in [0.2, 0.25) is 5.91 Å². The SMILES string of the molecule is Cc1nn(CC(=O)N[C@H](Cc2ccncc2)C2CC(O)C2)c(C)c1C. The van der Waals surface area contributed by atoms with E-state index in [-0.39, 0.29) is 24.6 Å². The summed E-state index contributed by atoms with van der Waals surface area (Å²) in [7, 11) is 0. The number of aromatic nitrogens is 3. The summed E-state index contributed by atoms with van der Waals surface area (Å²) in [5.41, 5.74) is 4.25. The third-order valence-corrected chi connectivity index (χ3v) is 5.31. The second kappa shape index (κ2) is 7.35. The average Bonchev–Trinajstić information content (AvgIpc) is 2.79. The van der Waals surface area contributed by atoms with Crippen LogP contribution in [-0.2, 0) is 17.8 Å². The molecule has 0 spiro atoms. The number of aliphatic hydroxyl groups excluding tert-OH is 1. The van der Waals surface area contributed by atoms with E-state index in [9.17, 15) is 9.90 Å². The van der Waals surface area contributed by atoms with Crippen LogP contribution in [0.15, 0.2) is 24.5 Å². The van der Waals surface area contributed by atoms with Crippen molar-refractivity contribution < 1.29 is 9.90 Å². The zero-order valence-electron chi connectivity index (χ0n) is 15.1. The Morgan fingerprint density at radius 3 is 2.56 bits per heavy atom. The molecule has 1 saturated carbocycles. The van der Waals surface area contributed by atoms with Gasteiger partial charge >= 0.3 is 0 Å². The zero-order chi connectivity index (χ0) is 18.0. The number of carbonyl (C=O) groups is 1. The molecule has 1 aliphatic rings. The molecule has 2 aromatic rings. The number of nitrogens with one attached hydrogen (secondary N) is 1. The normalized spacial score (nSPS) is 20.8. The van der Waals surface area contributed by atoms with Crippen molar-refractivity contribution in [1.82, 2.24) is 20.1 Å². The van der Waals surface area contributed by atoms with Crippen LogP contribution in [-0.4, -0.2) is 37.9 Å². The van der Waals surface area contributed by atoms with E-state index >= 15 is 0 Å². The summed E-state index contributed by atoms with van der Waals surface area (Å²) in [4.78, 5) is 16.6. The van der Waals surface area contributed by atoms with Crippen LogP contribution in [0, 0.1) is 26.7 Å². The average molecular weight is 342 g/mol. The minimum absolute atomic E-state index is 0.0244. The summed E-state index contributed by atoms with van der Waals surface area (Å²) >= 11 is 0. The fourth-order valence-corrected chi connectivity index (χ4v) is 3.40. The first-order valence-corrected chi connectivity index (χ1v) is 8.81. The number of amides is 1. The van der Waals surface area contributed by atoms with Crippen LogP contribution in [0.4, 0.5) is 0 Å². The van der Waals surface area contributed by atoms with Crippen molar-refractivity contribution in [3.63, 3.8) is 0 Å². The van der Waals surface area contributed by atoms with Gasteiger partial charge in [-0.05, 0) is 69.2 Å². The molecule has 0 aromatic carbocycles. The van der Waals surface area contributed by atoms with Gasteiger partial charge in [-0.15, -0.1) is 0 Å². The molecule has 1 atom stereocenters. The van der Waals surface area contributed by atoms with Gasteiger partial charge in [0.05, 0.1) is 11.8 Å². The lowest BCUT2D eigenvalue weighted by Crippen LogP contribution is -2.49. The Labute approximate surface area is 148 Å². The molecule has 2 N–H and O–H groups in total.